The molecule has 4 aromatic rings. The summed E-state index contributed by atoms with van der Waals surface area (Å²) in [6.45, 7) is 0. The number of H-pyrrole nitrogens is 1. The van der Waals surface area contributed by atoms with Gasteiger partial charge in [-0.3, -0.25) is 9.20 Å². The summed E-state index contributed by atoms with van der Waals surface area (Å²) in [5.74, 6) is 0.324. The predicted molar refractivity (Wildman–Crippen MR) is 99.0 cm³/mol. The molecule has 3 aromatic heterocycles. The highest BCUT2D eigenvalue weighted by atomic mass is 79.9. The number of benzene rings is 1. The fourth-order valence-electron chi connectivity index (χ4n) is 2.48. The zero-order valence-electron chi connectivity index (χ0n) is 12.2. The van der Waals surface area contributed by atoms with Crippen LogP contribution in [0.2, 0.25) is 0 Å². The number of imidazole rings is 1. The van der Waals surface area contributed by atoms with Gasteiger partial charge in [-0.05, 0) is 46.3 Å². The lowest BCUT2D eigenvalue weighted by molar-refractivity contribution is 1.13. The van der Waals surface area contributed by atoms with Crippen LogP contribution in [-0.4, -0.2) is 19.4 Å². The smallest absolute Gasteiger partial charge is 0.259 e. The molecule has 0 bridgehead atoms. The summed E-state index contributed by atoms with van der Waals surface area (Å²) in [7, 11) is 0. The second-order valence-corrected chi connectivity index (χ2v) is 6.51. The number of fused-ring (bicyclic) bond motifs is 2. The molecule has 7 heteroatoms. The van der Waals surface area contributed by atoms with Gasteiger partial charge in [0.1, 0.15) is 5.65 Å². The first-order chi connectivity index (χ1) is 11.6. The molecule has 0 saturated carbocycles. The molecule has 5 nitrogen and oxygen atoms in total. The molecule has 3 heterocycles. The van der Waals surface area contributed by atoms with Crippen molar-refractivity contribution in [3.8, 4) is 0 Å². The van der Waals surface area contributed by atoms with Crippen LogP contribution in [-0.2, 0) is 0 Å². The standard InChI is InChI=1S/C17H10BrClN4O/c18-10-5-6-15-20-8-11(23(15)9-10)7-13(19)16-21-14-4-2-1-3-12(14)17(24)22-16/h1-9H,(H,21,22,24)/b13-7+. The third kappa shape index (κ3) is 2.64. The van der Waals surface area contributed by atoms with Crippen molar-refractivity contribution < 1.29 is 0 Å². The van der Waals surface area contributed by atoms with E-state index in [1.807, 2.05) is 28.8 Å². The minimum Gasteiger partial charge on any atom is -0.305 e. The molecule has 0 saturated heterocycles. The van der Waals surface area contributed by atoms with E-state index in [9.17, 15) is 4.79 Å². The number of hydrogen-bond donors (Lipinski definition) is 1. The van der Waals surface area contributed by atoms with E-state index in [0.717, 1.165) is 15.8 Å². The molecule has 1 aromatic carbocycles. The molecule has 0 atom stereocenters. The van der Waals surface area contributed by atoms with Gasteiger partial charge >= 0.3 is 0 Å². The third-order valence-corrected chi connectivity index (χ3v) is 4.37. The average Bonchev–Trinajstić information content (AvgIpc) is 2.97. The van der Waals surface area contributed by atoms with E-state index >= 15 is 0 Å². The molecule has 4 rings (SSSR count). The molecule has 118 valence electrons. The first-order valence-corrected chi connectivity index (χ1v) is 8.28. The Morgan fingerprint density at radius 3 is 2.96 bits per heavy atom. The second kappa shape index (κ2) is 5.89. The van der Waals surface area contributed by atoms with Crippen molar-refractivity contribution in [1.29, 1.82) is 0 Å². The van der Waals surface area contributed by atoms with Gasteiger partial charge in [0.25, 0.3) is 5.56 Å². The number of nitrogens with zero attached hydrogens (tertiary/aromatic N) is 3. The topological polar surface area (TPSA) is 63.0 Å². The molecule has 0 aliphatic heterocycles. The Hall–Kier alpha value is -2.44. The summed E-state index contributed by atoms with van der Waals surface area (Å²) in [5, 5.41) is 0.865. The molecular formula is C17H10BrClN4O. The molecule has 24 heavy (non-hydrogen) atoms. The van der Waals surface area contributed by atoms with Crippen molar-refractivity contribution >= 4 is 55.2 Å². The van der Waals surface area contributed by atoms with E-state index in [-0.39, 0.29) is 5.56 Å². The average molecular weight is 402 g/mol. The predicted octanol–water partition coefficient (Wildman–Crippen LogP) is 4.07. The van der Waals surface area contributed by atoms with Gasteiger partial charge in [0.15, 0.2) is 5.82 Å². The van der Waals surface area contributed by atoms with Crippen LogP contribution in [0.4, 0.5) is 0 Å². The normalized spacial score (nSPS) is 12.2. The summed E-state index contributed by atoms with van der Waals surface area (Å²) in [6.07, 6.45) is 5.33. The van der Waals surface area contributed by atoms with E-state index in [4.69, 9.17) is 11.6 Å². The number of rotatable bonds is 2. The fourth-order valence-corrected chi connectivity index (χ4v) is 3.02. The van der Waals surface area contributed by atoms with Gasteiger partial charge in [-0.1, -0.05) is 23.7 Å². The van der Waals surface area contributed by atoms with Crippen LogP contribution in [0.15, 0.2) is 58.1 Å². The van der Waals surface area contributed by atoms with E-state index in [1.54, 1.807) is 30.5 Å². The maximum absolute atomic E-state index is 12.2. The van der Waals surface area contributed by atoms with Gasteiger partial charge in [0.2, 0.25) is 0 Å². The molecule has 0 aliphatic rings. The lowest BCUT2D eigenvalue weighted by atomic mass is 10.2. The maximum Gasteiger partial charge on any atom is 0.259 e. The fraction of sp³-hybridized carbons (Fsp3) is 0. The van der Waals surface area contributed by atoms with Crippen LogP contribution in [0.3, 0.4) is 0 Å². The quantitative estimate of drug-likeness (QED) is 0.551. The molecule has 0 spiro atoms. The van der Waals surface area contributed by atoms with Crippen LogP contribution >= 0.6 is 27.5 Å². The zero-order valence-corrected chi connectivity index (χ0v) is 14.5. The maximum atomic E-state index is 12.2. The number of pyridine rings is 1. The van der Waals surface area contributed by atoms with Gasteiger partial charge < -0.3 is 4.98 Å². The second-order valence-electron chi connectivity index (χ2n) is 5.18. The molecule has 0 radical (unpaired) electrons. The van der Waals surface area contributed by atoms with Crippen molar-refractivity contribution in [2.75, 3.05) is 0 Å². The first-order valence-electron chi connectivity index (χ1n) is 7.11. The summed E-state index contributed by atoms with van der Waals surface area (Å²) in [4.78, 5) is 23.6. The van der Waals surface area contributed by atoms with Crippen LogP contribution in [0.25, 0.3) is 27.7 Å². The molecular weight excluding hydrogens is 392 g/mol. The monoisotopic (exact) mass is 400 g/mol. The largest absolute Gasteiger partial charge is 0.305 e. The number of aromatic nitrogens is 4. The SMILES string of the molecule is O=c1[nH]c(/C(Cl)=C\c2cnc3ccc(Br)cn23)nc2ccccc12. The number of hydrogen-bond acceptors (Lipinski definition) is 3. The minimum atomic E-state index is -0.219. The highest BCUT2D eigenvalue weighted by molar-refractivity contribution is 9.10. The first kappa shape index (κ1) is 15.1. The Kier molecular flexibility index (Phi) is 3.70. The lowest BCUT2D eigenvalue weighted by Crippen LogP contribution is -2.10. The van der Waals surface area contributed by atoms with E-state index in [2.05, 4.69) is 30.9 Å². The Labute approximate surface area is 149 Å². The van der Waals surface area contributed by atoms with Crippen molar-refractivity contribution in [2.45, 2.75) is 0 Å². The number of nitrogens with one attached hydrogen (secondary N) is 1. The van der Waals surface area contributed by atoms with E-state index in [0.29, 0.717) is 21.8 Å². The number of para-hydroxylation sites is 1. The van der Waals surface area contributed by atoms with Crippen molar-refractivity contribution in [3.05, 3.63) is 75.1 Å². The van der Waals surface area contributed by atoms with Gasteiger partial charge in [-0.15, -0.1) is 0 Å². The van der Waals surface area contributed by atoms with Gasteiger partial charge in [0, 0.05) is 10.7 Å². The summed E-state index contributed by atoms with van der Waals surface area (Å²) in [6, 6.07) is 10.9. The van der Waals surface area contributed by atoms with Crippen LogP contribution in [0.1, 0.15) is 11.5 Å². The lowest BCUT2D eigenvalue weighted by Gasteiger charge is -2.02. The highest BCUT2D eigenvalue weighted by Crippen LogP contribution is 2.21. The molecule has 0 aliphatic carbocycles. The molecule has 0 fully saturated rings. The number of halogens is 2. The van der Waals surface area contributed by atoms with Gasteiger partial charge in [-0.2, -0.15) is 0 Å². The Morgan fingerprint density at radius 1 is 1.25 bits per heavy atom. The molecule has 0 amide bonds. The third-order valence-electron chi connectivity index (χ3n) is 3.61. The summed E-state index contributed by atoms with van der Waals surface area (Å²) < 4.78 is 2.82. The van der Waals surface area contributed by atoms with Crippen LogP contribution in [0, 0.1) is 0 Å². The zero-order chi connectivity index (χ0) is 16.7. The van der Waals surface area contributed by atoms with E-state index in [1.165, 1.54) is 0 Å². The van der Waals surface area contributed by atoms with Crippen LogP contribution < -0.4 is 5.56 Å². The van der Waals surface area contributed by atoms with Crippen molar-refractivity contribution in [2.24, 2.45) is 0 Å². The Morgan fingerprint density at radius 2 is 2.08 bits per heavy atom. The van der Waals surface area contributed by atoms with Gasteiger partial charge in [-0.25, -0.2) is 9.97 Å². The Balaban J connectivity index is 1.85. The van der Waals surface area contributed by atoms with E-state index < -0.39 is 0 Å². The van der Waals surface area contributed by atoms with Crippen LogP contribution in [0.5, 0.6) is 0 Å². The summed E-state index contributed by atoms with van der Waals surface area (Å²) in [5.41, 5.74) is 1.97. The Bertz CT molecular complexity index is 1160. The summed E-state index contributed by atoms with van der Waals surface area (Å²) >= 11 is 9.82. The minimum absolute atomic E-state index is 0.219. The molecule has 0 unspecified atom stereocenters. The van der Waals surface area contributed by atoms with Crippen molar-refractivity contribution in [3.63, 3.8) is 0 Å². The van der Waals surface area contributed by atoms with Crippen molar-refractivity contribution in [1.82, 2.24) is 19.4 Å². The number of aromatic amines is 1. The highest BCUT2D eigenvalue weighted by Gasteiger charge is 2.08. The van der Waals surface area contributed by atoms with Gasteiger partial charge in [0.05, 0.1) is 27.8 Å². The molecule has 1 N–H and O–H groups in total.